The first-order valence-electron chi connectivity index (χ1n) is 14.7. The molecule has 7 nitrogen and oxygen atoms in total. The molecule has 0 amide bonds. The minimum absolute atomic E-state index is 0.213. The van der Waals surface area contributed by atoms with Crippen LogP contribution >= 0.6 is 11.3 Å². The summed E-state index contributed by atoms with van der Waals surface area (Å²) in [5, 5.41) is 12.6. The third-order valence-electron chi connectivity index (χ3n) is 8.22. The van der Waals surface area contributed by atoms with Crippen molar-refractivity contribution in [1.82, 2.24) is 9.13 Å². The number of aromatic nitrogens is 2. The molecule has 4 aromatic carbocycles. The number of nitriles is 1. The number of rotatable bonds is 6. The molecule has 1 aliphatic heterocycles. The lowest BCUT2D eigenvalue weighted by molar-refractivity contribution is -0.139. The minimum Gasteiger partial charge on any atom is -0.463 e. The van der Waals surface area contributed by atoms with Gasteiger partial charge in [0.2, 0.25) is 0 Å². The molecule has 0 radical (unpaired) electrons. The Balaban J connectivity index is 1.43. The fraction of sp³-hybridized carbons (Fsp3) is 0.135. The summed E-state index contributed by atoms with van der Waals surface area (Å²) in [6.45, 7) is 4.30. The van der Waals surface area contributed by atoms with Crippen molar-refractivity contribution in [2.75, 3.05) is 6.61 Å². The van der Waals surface area contributed by atoms with Gasteiger partial charge in [0.25, 0.3) is 5.56 Å². The normalized spacial score (nSPS) is 14.8. The summed E-state index contributed by atoms with van der Waals surface area (Å²) in [6, 6.07) is 31.1. The second-order valence-corrected chi connectivity index (χ2v) is 11.9. The monoisotopic (exact) mass is 608 g/mol. The van der Waals surface area contributed by atoms with Crippen molar-refractivity contribution in [2.24, 2.45) is 4.99 Å². The molecule has 220 valence electrons. The Labute approximate surface area is 262 Å². The third kappa shape index (κ3) is 4.88. The second kappa shape index (κ2) is 11.5. The molecule has 45 heavy (non-hydrogen) atoms. The van der Waals surface area contributed by atoms with Crippen LogP contribution in [0.15, 0.2) is 118 Å². The molecule has 0 N–H and O–H groups in total. The third-order valence-corrected chi connectivity index (χ3v) is 9.20. The van der Waals surface area contributed by atoms with Crippen LogP contribution in [-0.4, -0.2) is 21.7 Å². The highest BCUT2D eigenvalue weighted by molar-refractivity contribution is 7.07. The van der Waals surface area contributed by atoms with Crippen molar-refractivity contribution in [3.63, 3.8) is 0 Å². The van der Waals surface area contributed by atoms with Crippen LogP contribution in [0.25, 0.3) is 27.8 Å². The number of carbonyl (C=O) groups is 1. The van der Waals surface area contributed by atoms with Gasteiger partial charge in [0, 0.05) is 29.2 Å². The molecule has 7 rings (SSSR count). The van der Waals surface area contributed by atoms with Crippen molar-refractivity contribution in [1.29, 1.82) is 5.26 Å². The quantitative estimate of drug-likeness (QED) is 0.223. The summed E-state index contributed by atoms with van der Waals surface area (Å²) >= 11 is 1.31. The van der Waals surface area contributed by atoms with E-state index in [1.165, 1.54) is 11.3 Å². The lowest BCUT2D eigenvalue weighted by atomic mass is 9.91. The average Bonchev–Trinajstić information content (AvgIpc) is 3.56. The Kier molecular flexibility index (Phi) is 7.24. The van der Waals surface area contributed by atoms with Gasteiger partial charge in [-0.2, -0.15) is 5.26 Å². The SMILES string of the molecule is CCOC(=O)C1=C(C)N=c2s/c(=C\c3cn(Cc4ccccc4C#N)c4ccccc34)c(=O)n2[C@@H]1c1cccc2ccccc12. The van der Waals surface area contributed by atoms with Crippen LogP contribution in [0.4, 0.5) is 0 Å². The summed E-state index contributed by atoms with van der Waals surface area (Å²) in [6.07, 6.45) is 3.93. The standard InChI is InChI=1S/C37H28N4O3S/c1-3-44-36(43)33-23(2)39-37-41(34(33)30-17-10-14-24-11-6-7-15-28(24)30)35(42)32(45-37)19-27-22-40(31-18-9-8-16-29(27)31)21-26-13-5-4-12-25(26)20-38/h4-19,22,34H,3,21H2,1-2H3/b32-19-/t34-/m1/s1. The summed E-state index contributed by atoms with van der Waals surface area (Å²) in [4.78, 5) is 33.0. The molecule has 6 aromatic rings. The van der Waals surface area contributed by atoms with E-state index in [0.29, 0.717) is 32.7 Å². The number of esters is 1. The Morgan fingerprint density at radius 3 is 2.56 bits per heavy atom. The lowest BCUT2D eigenvalue weighted by Crippen LogP contribution is -2.40. The van der Waals surface area contributed by atoms with Crippen LogP contribution in [0.3, 0.4) is 0 Å². The van der Waals surface area contributed by atoms with Crippen LogP contribution in [0.5, 0.6) is 0 Å². The molecule has 3 heterocycles. The highest BCUT2D eigenvalue weighted by Crippen LogP contribution is 2.35. The first-order valence-corrected chi connectivity index (χ1v) is 15.5. The molecule has 0 bridgehead atoms. The molecule has 0 spiro atoms. The van der Waals surface area contributed by atoms with Crippen LogP contribution in [0.1, 0.15) is 42.1 Å². The molecule has 0 unspecified atom stereocenters. The van der Waals surface area contributed by atoms with Crippen LogP contribution in [0.2, 0.25) is 0 Å². The van der Waals surface area contributed by atoms with Crippen molar-refractivity contribution in [3.8, 4) is 6.07 Å². The van der Waals surface area contributed by atoms with Gasteiger partial charge < -0.3 is 9.30 Å². The molecule has 8 heteroatoms. The Morgan fingerprint density at radius 1 is 1.00 bits per heavy atom. The van der Waals surface area contributed by atoms with Gasteiger partial charge in [0.15, 0.2) is 4.80 Å². The maximum absolute atomic E-state index is 14.4. The van der Waals surface area contributed by atoms with Gasteiger partial charge in [0.05, 0.1) is 40.1 Å². The van der Waals surface area contributed by atoms with E-state index in [4.69, 9.17) is 9.73 Å². The smallest absolute Gasteiger partial charge is 0.338 e. The molecule has 0 saturated carbocycles. The zero-order valence-electron chi connectivity index (χ0n) is 24.7. The zero-order valence-corrected chi connectivity index (χ0v) is 25.5. The largest absolute Gasteiger partial charge is 0.463 e. The number of hydrogen-bond acceptors (Lipinski definition) is 6. The van der Waals surface area contributed by atoms with Crippen molar-refractivity contribution in [3.05, 3.63) is 150 Å². The zero-order chi connectivity index (χ0) is 31.1. The predicted molar refractivity (Wildman–Crippen MR) is 177 cm³/mol. The Hall–Kier alpha value is -5.52. The first kappa shape index (κ1) is 28.3. The lowest BCUT2D eigenvalue weighted by Gasteiger charge is -2.25. The van der Waals surface area contributed by atoms with E-state index in [2.05, 4.69) is 10.6 Å². The van der Waals surface area contributed by atoms with E-state index in [1.807, 2.05) is 103 Å². The maximum atomic E-state index is 14.4. The molecule has 0 saturated heterocycles. The number of hydrogen-bond donors (Lipinski definition) is 0. The topological polar surface area (TPSA) is 89.4 Å². The number of thiazole rings is 1. The second-order valence-electron chi connectivity index (χ2n) is 10.9. The maximum Gasteiger partial charge on any atom is 0.338 e. The molecular weight excluding hydrogens is 580 g/mol. The van der Waals surface area contributed by atoms with E-state index in [0.717, 1.165) is 38.4 Å². The summed E-state index contributed by atoms with van der Waals surface area (Å²) in [7, 11) is 0. The van der Waals surface area contributed by atoms with Gasteiger partial charge in [-0.15, -0.1) is 0 Å². The molecule has 0 aliphatic carbocycles. The molecule has 0 fully saturated rings. The van der Waals surface area contributed by atoms with E-state index in [1.54, 1.807) is 18.4 Å². The van der Waals surface area contributed by atoms with E-state index >= 15 is 0 Å². The summed E-state index contributed by atoms with van der Waals surface area (Å²) < 4.78 is 9.75. The molecule has 1 atom stereocenters. The fourth-order valence-corrected chi connectivity index (χ4v) is 7.23. The van der Waals surface area contributed by atoms with Crippen LogP contribution in [-0.2, 0) is 16.1 Å². The van der Waals surface area contributed by atoms with Crippen LogP contribution < -0.4 is 14.9 Å². The number of benzene rings is 4. The average molecular weight is 609 g/mol. The minimum atomic E-state index is -0.697. The van der Waals surface area contributed by atoms with Crippen LogP contribution in [0, 0.1) is 11.3 Å². The van der Waals surface area contributed by atoms with E-state index < -0.39 is 12.0 Å². The Morgan fingerprint density at radius 2 is 1.73 bits per heavy atom. The summed E-state index contributed by atoms with van der Waals surface area (Å²) in [5.41, 5.74) is 4.94. The number of carbonyl (C=O) groups excluding carboxylic acids is 1. The highest BCUT2D eigenvalue weighted by atomic mass is 32.1. The molecular formula is C37H28N4O3S. The van der Waals surface area contributed by atoms with Gasteiger partial charge in [-0.25, -0.2) is 9.79 Å². The molecule has 1 aliphatic rings. The van der Waals surface area contributed by atoms with Gasteiger partial charge in [-0.1, -0.05) is 90.2 Å². The first-order chi connectivity index (χ1) is 22.0. The van der Waals surface area contributed by atoms with Crippen molar-refractivity contribution in [2.45, 2.75) is 26.4 Å². The number of fused-ring (bicyclic) bond motifs is 3. The van der Waals surface area contributed by atoms with Gasteiger partial charge >= 0.3 is 5.97 Å². The van der Waals surface area contributed by atoms with Gasteiger partial charge in [-0.05, 0) is 54.0 Å². The number of allylic oxidation sites excluding steroid dienone is 1. The van der Waals surface area contributed by atoms with E-state index in [-0.39, 0.29) is 12.2 Å². The van der Waals surface area contributed by atoms with Crippen molar-refractivity contribution >= 4 is 45.1 Å². The highest BCUT2D eigenvalue weighted by Gasteiger charge is 2.34. The van der Waals surface area contributed by atoms with E-state index in [9.17, 15) is 14.9 Å². The fourth-order valence-electron chi connectivity index (χ4n) is 6.19. The predicted octanol–water partition coefficient (Wildman–Crippen LogP) is 5.83. The Bertz CT molecular complexity index is 2400. The number of para-hydroxylation sites is 1. The number of nitrogens with zero attached hydrogens (tertiary/aromatic N) is 4. The summed E-state index contributed by atoms with van der Waals surface area (Å²) in [5.74, 6) is -0.480. The van der Waals surface area contributed by atoms with Gasteiger partial charge in [0.1, 0.15) is 0 Å². The van der Waals surface area contributed by atoms with Gasteiger partial charge in [-0.3, -0.25) is 9.36 Å². The van der Waals surface area contributed by atoms with Crippen molar-refractivity contribution < 1.29 is 9.53 Å². The molecule has 2 aromatic heterocycles. The number of ether oxygens (including phenoxy) is 1.